The smallest absolute Gasteiger partial charge is 0.346 e. The van der Waals surface area contributed by atoms with Crippen molar-refractivity contribution in [1.29, 1.82) is 0 Å². The Bertz CT molecular complexity index is 13.5. The zero-order chi connectivity index (χ0) is 3.41. The monoisotopic (exact) mass is 156 g/mol. The van der Waals surface area contributed by atoms with Crippen LogP contribution in [0, 0.1) is 0 Å². The molecule has 0 aliphatic rings. The number of hydrogen-bond donors (Lipinski definition) is 1. The van der Waals surface area contributed by atoms with Crippen LogP contribution in [0.4, 0.5) is 0 Å². The summed E-state index contributed by atoms with van der Waals surface area (Å²) in [7, 11) is 4.63. The van der Waals surface area contributed by atoms with E-state index >= 15 is 0 Å². The predicted octanol–water partition coefficient (Wildman–Crippen LogP) is -6.98. The second-order valence-corrected chi connectivity index (χ2v) is 1.12. The Morgan fingerprint density at radius 2 is 1.67 bits per heavy atom. The molecular weight excluding hydrogens is 147 g/mol. The summed E-state index contributed by atoms with van der Waals surface area (Å²) in [5.74, 6) is 0. The molecule has 0 aromatic rings. The van der Waals surface area contributed by atoms with Crippen molar-refractivity contribution in [3.05, 3.63) is 0 Å². The SMILES string of the molecule is C[NH2+]CP.[K+].[K+]. The molecule has 0 amide bonds. The molecule has 0 spiro atoms. The molecule has 0 aromatic carbocycles. The van der Waals surface area contributed by atoms with Gasteiger partial charge in [0.2, 0.25) is 0 Å². The zero-order valence-electron chi connectivity index (χ0n) is 4.86. The number of hydrogen-bond acceptors (Lipinski definition) is 0. The van der Waals surface area contributed by atoms with Crippen molar-refractivity contribution >= 4 is 9.24 Å². The van der Waals surface area contributed by atoms with Crippen LogP contribution in [0.1, 0.15) is 0 Å². The first kappa shape index (κ1) is 16.3. The molecular formula is C2H9K2NP+3. The molecule has 4 heteroatoms. The third-order valence-electron chi connectivity index (χ3n) is 0.236. The van der Waals surface area contributed by atoms with Crippen LogP contribution in [0.25, 0.3) is 0 Å². The second kappa shape index (κ2) is 15.9. The molecule has 1 unspecified atom stereocenters. The van der Waals surface area contributed by atoms with Crippen LogP contribution in [0.3, 0.4) is 0 Å². The van der Waals surface area contributed by atoms with Gasteiger partial charge in [0.25, 0.3) is 0 Å². The van der Waals surface area contributed by atoms with Gasteiger partial charge in [-0.15, -0.1) is 0 Å². The Morgan fingerprint density at radius 3 is 1.67 bits per heavy atom. The fraction of sp³-hybridized carbons (Fsp3) is 1.00. The molecule has 0 fully saturated rings. The van der Waals surface area contributed by atoms with Crippen molar-refractivity contribution < 1.29 is 108 Å². The quantitative estimate of drug-likeness (QED) is 0.287. The zero-order valence-corrected chi connectivity index (χ0v) is 12.3. The van der Waals surface area contributed by atoms with Gasteiger partial charge in [0, 0.05) is 0 Å². The van der Waals surface area contributed by atoms with Crippen LogP contribution < -0.4 is 108 Å². The van der Waals surface area contributed by atoms with E-state index in [-0.39, 0.29) is 103 Å². The fourth-order valence-corrected chi connectivity index (χ4v) is 0. The molecule has 0 aromatic heterocycles. The first-order chi connectivity index (χ1) is 1.91. The molecule has 0 heterocycles. The molecule has 0 radical (unpaired) electrons. The fourth-order valence-electron chi connectivity index (χ4n) is 0. The number of nitrogens with two attached hydrogens (primary N) is 1. The van der Waals surface area contributed by atoms with Crippen molar-refractivity contribution in [3.63, 3.8) is 0 Å². The molecule has 0 rings (SSSR count). The van der Waals surface area contributed by atoms with Gasteiger partial charge in [-0.3, -0.25) is 0 Å². The largest absolute Gasteiger partial charge is 1.00 e. The Hall–Kier alpha value is 3.66. The normalized spacial score (nSPS) is 5.00. The molecule has 0 saturated carbocycles. The number of quaternary nitrogens is 1. The van der Waals surface area contributed by atoms with Crippen LogP contribution in [-0.4, -0.2) is 13.3 Å². The predicted molar refractivity (Wildman–Crippen MR) is 22.4 cm³/mol. The summed E-state index contributed by atoms with van der Waals surface area (Å²) >= 11 is 0. The maximum atomic E-state index is 2.60. The van der Waals surface area contributed by atoms with E-state index in [2.05, 4.69) is 14.6 Å². The van der Waals surface area contributed by atoms with Gasteiger partial charge in [0.15, 0.2) is 0 Å². The van der Waals surface area contributed by atoms with Crippen molar-refractivity contribution in [2.45, 2.75) is 0 Å². The summed E-state index contributed by atoms with van der Waals surface area (Å²) in [6.45, 7) is 0. The van der Waals surface area contributed by atoms with E-state index in [1.807, 2.05) is 7.05 Å². The topological polar surface area (TPSA) is 16.6 Å². The van der Waals surface area contributed by atoms with Crippen LogP contribution in [0.2, 0.25) is 0 Å². The Labute approximate surface area is 127 Å². The maximum Gasteiger partial charge on any atom is 1.00 e. The second-order valence-electron chi connectivity index (χ2n) is 0.644. The summed E-state index contributed by atoms with van der Waals surface area (Å²) in [4.78, 5) is 0. The van der Waals surface area contributed by atoms with E-state index in [0.717, 1.165) is 6.29 Å². The van der Waals surface area contributed by atoms with E-state index in [9.17, 15) is 0 Å². The summed E-state index contributed by atoms with van der Waals surface area (Å²) in [5.41, 5.74) is 0. The van der Waals surface area contributed by atoms with Gasteiger partial charge in [0.05, 0.1) is 13.3 Å². The Morgan fingerprint density at radius 1 is 1.50 bits per heavy atom. The van der Waals surface area contributed by atoms with Crippen LogP contribution >= 0.6 is 9.24 Å². The van der Waals surface area contributed by atoms with Crippen LogP contribution in [0.5, 0.6) is 0 Å². The van der Waals surface area contributed by atoms with E-state index in [4.69, 9.17) is 0 Å². The van der Waals surface area contributed by atoms with Gasteiger partial charge < -0.3 is 5.32 Å². The van der Waals surface area contributed by atoms with Gasteiger partial charge in [-0.1, -0.05) is 9.24 Å². The van der Waals surface area contributed by atoms with Gasteiger partial charge in [-0.05, 0) is 0 Å². The Kier molecular flexibility index (Phi) is 43.2. The van der Waals surface area contributed by atoms with Crippen molar-refractivity contribution in [1.82, 2.24) is 0 Å². The van der Waals surface area contributed by atoms with Crippen molar-refractivity contribution in [3.8, 4) is 0 Å². The summed E-state index contributed by atoms with van der Waals surface area (Å²) in [6, 6.07) is 0. The third-order valence-corrected chi connectivity index (χ3v) is 0.707. The van der Waals surface area contributed by atoms with Crippen LogP contribution in [0.15, 0.2) is 0 Å². The molecule has 6 heavy (non-hydrogen) atoms. The van der Waals surface area contributed by atoms with Crippen molar-refractivity contribution in [2.75, 3.05) is 13.3 Å². The Balaban J connectivity index is -0.0000000450. The van der Waals surface area contributed by atoms with Gasteiger partial charge in [0.1, 0.15) is 0 Å². The first-order valence-corrected chi connectivity index (χ1v) is 2.21. The minimum absolute atomic E-state index is 0. The average molecular weight is 156 g/mol. The molecule has 0 aliphatic carbocycles. The van der Waals surface area contributed by atoms with Crippen molar-refractivity contribution in [2.24, 2.45) is 0 Å². The van der Waals surface area contributed by atoms with Crippen LogP contribution in [-0.2, 0) is 0 Å². The molecule has 26 valence electrons. The number of rotatable bonds is 1. The molecule has 2 N–H and O–H groups in total. The molecule has 1 nitrogen and oxygen atoms in total. The van der Waals surface area contributed by atoms with E-state index in [1.165, 1.54) is 0 Å². The summed E-state index contributed by atoms with van der Waals surface area (Å²) in [5, 5.41) is 2.09. The van der Waals surface area contributed by atoms with E-state index < -0.39 is 0 Å². The van der Waals surface area contributed by atoms with Gasteiger partial charge in [-0.2, -0.15) is 0 Å². The standard InChI is InChI=1S/C2H8NP.2K/c1-3-2-4;;/h3H,2,4H2,1H3;;/q;2*+1/p+1. The molecule has 1 atom stereocenters. The third kappa shape index (κ3) is 15.6. The van der Waals surface area contributed by atoms with E-state index in [0.29, 0.717) is 0 Å². The minimum atomic E-state index is 0. The molecule has 0 bridgehead atoms. The summed E-state index contributed by atoms with van der Waals surface area (Å²) in [6.07, 6.45) is 1.11. The van der Waals surface area contributed by atoms with E-state index in [1.54, 1.807) is 0 Å². The molecule has 0 saturated heterocycles. The maximum absolute atomic E-state index is 2.60. The average Bonchev–Trinajstić information content (AvgIpc) is 1.37. The van der Waals surface area contributed by atoms with Gasteiger partial charge in [-0.25, -0.2) is 0 Å². The van der Waals surface area contributed by atoms with Gasteiger partial charge >= 0.3 is 103 Å². The minimum Gasteiger partial charge on any atom is -0.346 e. The first-order valence-electron chi connectivity index (χ1n) is 1.39. The molecule has 0 aliphatic heterocycles. The summed E-state index contributed by atoms with van der Waals surface area (Å²) < 4.78 is 0.